The summed E-state index contributed by atoms with van der Waals surface area (Å²) in [6.45, 7) is 0. The fourth-order valence-corrected chi connectivity index (χ4v) is 6.21. The van der Waals surface area contributed by atoms with Crippen molar-refractivity contribution in [2.45, 2.75) is 23.5 Å². The lowest BCUT2D eigenvalue weighted by atomic mass is 9.74. The third-order valence-electron chi connectivity index (χ3n) is 7.82. The first kappa shape index (κ1) is 22.4. The summed E-state index contributed by atoms with van der Waals surface area (Å²) in [7, 11) is 0. The molecule has 5 nitrogen and oxygen atoms in total. The fourth-order valence-electron chi connectivity index (χ4n) is 6.21. The van der Waals surface area contributed by atoms with Crippen molar-refractivity contribution in [3.8, 4) is 0 Å². The van der Waals surface area contributed by atoms with Crippen LogP contribution in [0.4, 0.5) is 5.69 Å². The summed E-state index contributed by atoms with van der Waals surface area (Å²) < 4.78 is 5.95. The van der Waals surface area contributed by atoms with Crippen LogP contribution in [0.5, 0.6) is 0 Å². The Morgan fingerprint density at radius 2 is 1.42 bits per heavy atom. The Balaban J connectivity index is 1.51. The molecule has 0 radical (unpaired) electrons. The van der Waals surface area contributed by atoms with Gasteiger partial charge in [-0.15, -0.1) is 0 Å². The first-order chi connectivity index (χ1) is 18.7. The monoisotopic (exact) mass is 496 g/mol. The minimum Gasteiger partial charge on any atom is -0.405 e. The number of cyclic esters (lactones) is 1. The van der Waals surface area contributed by atoms with Crippen molar-refractivity contribution in [1.82, 2.24) is 0 Å². The number of ketones is 1. The summed E-state index contributed by atoms with van der Waals surface area (Å²) in [5.41, 5.74) is 2.76. The van der Waals surface area contributed by atoms with Crippen LogP contribution in [-0.2, 0) is 9.53 Å². The molecule has 38 heavy (non-hydrogen) atoms. The highest BCUT2D eigenvalue weighted by Crippen LogP contribution is 2.55. The zero-order chi connectivity index (χ0) is 25.7. The Morgan fingerprint density at radius 1 is 0.789 bits per heavy atom. The van der Waals surface area contributed by atoms with Gasteiger partial charge in [-0.3, -0.25) is 4.79 Å². The van der Waals surface area contributed by atoms with Crippen LogP contribution in [0.3, 0.4) is 0 Å². The molecule has 4 atom stereocenters. The Morgan fingerprint density at radius 3 is 2.16 bits per heavy atom. The molecule has 0 aromatic heterocycles. The molecule has 0 unspecified atom stereocenters. The molecule has 0 bridgehead atoms. The molecule has 3 aliphatic rings. The lowest BCUT2D eigenvalue weighted by Crippen LogP contribution is -2.49. The molecule has 3 heterocycles. The number of benzene rings is 4. The number of para-hydroxylation sites is 1. The van der Waals surface area contributed by atoms with Gasteiger partial charge in [-0.2, -0.15) is 0 Å². The number of hydrogen-bond donors (Lipinski definition) is 0. The number of aliphatic imine (C=N–C) groups is 1. The Bertz CT molecular complexity index is 1600. The molecule has 1 saturated heterocycles. The van der Waals surface area contributed by atoms with E-state index in [-0.39, 0.29) is 11.7 Å². The van der Waals surface area contributed by atoms with E-state index >= 15 is 0 Å². The number of carbonyl (C=O) groups excluding carboxylic acids is 2. The zero-order valence-corrected chi connectivity index (χ0v) is 20.5. The second kappa shape index (κ2) is 8.67. The summed E-state index contributed by atoms with van der Waals surface area (Å²) in [6, 6.07) is 35.4. The van der Waals surface area contributed by atoms with E-state index in [0.717, 1.165) is 22.4 Å². The van der Waals surface area contributed by atoms with E-state index in [9.17, 15) is 9.59 Å². The van der Waals surface area contributed by atoms with Crippen molar-refractivity contribution in [3.63, 3.8) is 0 Å². The van der Waals surface area contributed by atoms with E-state index in [4.69, 9.17) is 9.73 Å². The zero-order valence-electron chi connectivity index (χ0n) is 20.5. The quantitative estimate of drug-likeness (QED) is 0.269. The lowest BCUT2D eigenvalue weighted by molar-refractivity contribution is -0.139. The topological polar surface area (TPSA) is 59.0 Å². The second-order valence-electron chi connectivity index (χ2n) is 9.83. The van der Waals surface area contributed by atoms with Gasteiger partial charge in [-0.25, -0.2) is 9.79 Å². The average Bonchev–Trinajstić information content (AvgIpc) is 3.49. The fraction of sp³-hybridized carbons (Fsp3) is 0.121. The molecule has 0 aliphatic carbocycles. The number of anilines is 1. The summed E-state index contributed by atoms with van der Waals surface area (Å²) in [5, 5.41) is 0. The SMILES string of the molecule is O=C(c1ccccc1)[C@H]1[C@H](c2ccccc2)[C@@]2(N=C(c3ccccc3)OC2=O)[C@H]2C=Cc3ccccc3N12. The number of Topliss-reactive ketones (excluding diaryl/α,β-unsaturated/α-hetero) is 1. The van der Waals surface area contributed by atoms with Crippen molar-refractivity contribution < 1.29 is 14.3 Å². The van der Waals surface area contributed by atoms with Crippen molar-refractivity contribution in [2.75, 3.05) is 4.90 Å². The summed E-state index contributed by atoms with van der Waals surface area (Å²) in [5.74, 6) is -0.780. The number of ether oxygens (including phenoxy) is 1. The van der Waals surface area contributed by atoms with Gasteiger partial charge in [0, 0.05) is 16.8 Å². The van der Waals surface area contributed by atoms with E-state index in [0.29, 0.717) is 5.56 Å². The molecule has 184 valence electrons. The van der Waals surface area contributed by atoms with Gasteiger partial charge in [0.25, 0.3) is 0 Å². The first-order valence-electron chi connectivity index (χ1n) is 12.8. The Hall–Kier alpha value is -4.77. The van der Waals surface area contributed by atoms with E-state index < -0.39 is 29.5 Å². The number of hydrogen-bond acceptors (Lipinski definition) is 5. The standard InChI is InChI=1S/C33H24N2O3/c36-30(24-15-6-2-7-16-24)29-28(23-13-4-1-5-14-23)33(27-21-20-22-12-10-11-19-26(22)35(27)29)32(37)38-31(34-33)25-17-8-3-9-18-25/h1-21,27-29H/t27-,28+,29-,33+/m1/s1. The van der Waals surface area contributed by atoms with Gasteiger partial charge < -0.3 is 9.64 Å². The van der Waals surface area contributed by atoms with Crippen LogP contribution in [-0.4, -0.2) is 35.3 Å². The van der Waals surface area contributed by atoms with Crippen LogP contribution in [0.15, 0.2) is 126 Å². The molecule has 1 spiro atoms. The lowest BCUT2D eigenvalue weighted by Gasteiger charge is -2.35. The summed E-state index contributed by atoms with van der Waals surface area (Å²) in [6.07, 6.45) is 4.04. The number of fused-ring (bicyclic) bond motifs is 4. The molecule has 7 rings (SSSR count). The maximum absolute atomic E-state index is 14.4. The molecular formula is C33H24N2O3. The molecule has 0 saturated carbocycles. The Kier molecular flexibility index (Phi) is 5.11. The van der Waals surface area contributed by atoms with E-state index in [2.05, 4.69) is 4.90 Å². The highest BCUT2D eigenvalue weighted by molar-refractivity contribution is 6.12. The molecule has 4 aromatic carbocycles. The van der Waals surface area contributed by atoms with Gasteiger partial charge in [0.05, 0.1) is 12.0 Å². The van der Waals surface area contributed by atoms with Gasteiger partial charge in [0.1, 0.15) is 6.04 Å². The molecule has 4 aromatic rings. The minimum atomic E-state index is -1.34. The van der Waals surface area contributed by atoms with Gasteiger partial charge in [0.15, 0.2) is 11.3 Å². The minimum absolute atomic E-state index is 0.0532. The van der Waals surface area contributed by atoms with Gasteiger partial charge in [-0.1, -0.05) is 109 Å². The molecule has 5 heteroatoms. The molecule has 1 fully saturated rings. The number of esters is 1. The highest BCUT2D eigenvalue weighted by Gasteiger charge is 2.69. The predicted molar refractivity (Wildman–Crippen MR) is 147 cm³/mol. The van der Waals surface area contributed by atoms with Crippen LogP contribution < -0.4 is 4.90 Å². The van der Waals surface area contributed by atoms with Crippen LogP contribution in [0.1, 0.15) is 33.0 Å². The van der Waals surface area contributed by atoms with Crippen molar-refractivity contribution in [1.29, 1.82) is 0 Å². The number of carbonyl (C=O) groups is 2. The number of rotatable bonds is 4. The highest BCUT2D eigenvalue weighted by atomic mass is 16.6. The van der Waals surface area contributed by atoms with Crippen LogP contribution in [0.25, 0.3) is 6.08 Å². The van der Waals surface area contributed by atoms with Crippen molar-refractivity contribution in [3.05, 3.63) is 144 Å². The molecule has 3 aliphatic heterocycles. The molecule has 0 amide bonds. The van der Waals surface area contributed by atoms with Gasteiger partial charge >= 0.3 is 5.97 Å². The van der Waals surface area contributed by atoms with Crippen molar-refractivity contribution in [2.24, 2.45) is 4.99 Å². The summed E-state index contributed by atoms with van der Waals surface area (Å²) in [4.78, 5) is 35.8. The largest absolute Gasteiger partial charge is 0.405 e. The van der Waals surface area contributed by atoms with E-state index in [1.54, 1.807) is 0 Å². The van der Waals surface area contributed by atoms with Crippen LogP contribution in [0, 0.1) is 0 Å². The predicted octanol–water partition coefficient (Wildman–Crippen LogP) is 5.68. The maximum atomic E-state index is 14.4. The third kappa shape index (κ3) is 3.21. The smallest absolute Gasteiger partial charge is 0.344 e. The third-order valence-corrected chi connectivity index (χ3v) is 7.82. The van der Waals surface area contributed by atoms with E-state index in [1.165, 1.54) is 0 Å². The van der Waals surface area contributed by atoms with Gasteiger partial charge in [-0.05, 0) is 29.3 Å². The Labute approximate surface area is 220 Å². The molecular weight excluding hydrogens is 472 g/mol. The van der Waals surface area contributed by atoms with Gasteiger partial charge in [0.2, 0.25) is 5.90 Å². The van der Waals surface area contributed by atoms with E-state index in [1.807, 2.05) is 127 Å². The maximum Gasteiger partial charge on any atom is 0.344 e. The average molecular weight is 497 g/mol. The van der Waals surface area contributed by atoms with Crippen LogP contribution >= 0.6 is 0 Å². The molecule has 0 N–H and O–H groups in total. The van der Waals surface area contributed by atoms with Crippen LogP contribution in [0.2, 0.25) is 0 Å². The first-order valence-corrected chi connectivity index (χ1v) is 12.8. The van der Waals surface area contributed by atoms with Crippen molar-refractivity contribution >= 4 is 29.4 Å². The number of nitrogens with zero attached hydrogens (tertiary/aromatic N) is 2. The summed E-state index contributed by atoms with van der Waals surface area (Å²) >= 11 is 0. The normalized spacial score (nSPS) is 25.1. The second-order valence-corrected chi connectivity index (χ2v) is 9.83.